The van der Waals surface area contributed by atoms with E-state index < -0.39 is 5.91 Å². The van der Waals surface area contributed by atoms with Crippen molar-refractivity contribution in [1.29, 1.82) is 0 Å². The zero-order valence-electron chi connectivity index (χ0n) is 9.85. The highest BCUT2D eigenvalue weighted by Crippen LogP contribution is 2.26. The number of halogens is 1. The van der Waals surface area contributed by atoms with Crippen molar-refractivity contribution in [2.24, 2.45) is 5.73 Å². The summed E-state index contributed by atoms with van der Waals surface area (Å²) in [6.45, 7) is 1.97. The summed E-state index contributed by atoms with van der Waals surface area (Å²) in [7, 11) is 0. The number of nitrogens with two attached hydrogens (primary N) is 1. The Morgan fingerprint density at radius 1 is 1.50 bits per heavy atom. The molecule has 2 N–H and O–H groups in total. The van der Waals surface area contributed by atoms with Crippen LogP contribution >= 0.6 is 11.6 Å². The van der Waals surface area contributed by atoms with E-state index in [1.165, 1.54) is 0 Å². The topological polar surface area (TPSA) is 68.9 Å². The molecule has 0 aliphatic carbocycles. The van der Waals surface area contributed by atoms with Crippen molar-refractivity contribution < 1.29 is 4.79 Å². The molecule has 0 bridgehead atoms. The van der Waals surface area contributed by atoms with Gasteiger partial charge in [0.2, 0.25) is 0 Å². The molecule has 4 nitrogen and oxygen atoms in total. The second-order valence-electron chi connectivity index (χ2n) is 3.78. The predicted molar refractivity (Wildman–Crippen MR) is 70.4 cm³/mol. The Kier molecular flexibility index (Phi) is 3.58. The lowest BCUT2D eigenvalue weighted by Crippen LogP contribution is -2.13. The fourth-order valence-electron chi connectivity index (χ4n) is 1.74. The van der Waals surface area contributed by atoms with E-state index in [9.17, 15) is 4.79 Å². The molecular formula is C13H12ClN3O. The Hall–Kier alpha value is -1.94. The number of carbonyl (C=O) groups is 1. The summed E-state index contributed by atoms with van der Waals surface area (Å²) in [5, 5.41) is 0.145. The predicted octanol–water partition coefficient (Wildman–Crippen LogP) is 2.46. The van der Waals surface area contributed by atoms with Crippen molar-refractivity contribution in [2.45, 2.75) is 13.3 Å². The zero-order valence-corrected chi connectivity index (χ0v) is 10.6. The Morgan fingerprint density at radius 2 is 2.28 bits per heavy atom. The summed E-state index contributed by atoms with van der Waals surface area (Å²) in [4.78, 5) is 19.6. The smallest absolute Gasteiger partial charge is 0.251 e. The summed E-state index contributed by atoms with van der Waals surface area (Å²) in [5.74, 6) is -0.583. The first-order chi connectivity index (χ1) is 8.63. The monoisotopic (exact) mass is 261 g/mol. The second-order valence-corrected chi connectivity index (χ2v) is 4.14. The van der Waals surface area contributed by atoms with Gasteiger partial charge in [0.05, 0.1) is 5.56 Å². The lowest BCUT2D eigenvalue weighted by atomic mass is 10.0. The Bertz CT molecular complexity index is 584. The van der Waals surface area contributed by atoms with Crippen molar-refractivity contribution in [3.05, 3.63) is 47.0 Å². The summed E-state index contributed by atoms with van der Waals surface area (Å²) >= 11 is 5.94. The third kappa shape index (κ3) is 2.33. The summed E-state index contributed by atoms with van der Waals surface area (Å²) in [6.07, 6.45) is 4.12. The van der Waals surface area contributed by atoms with Crippen LogP contribution in [-0.4, -0.2) is 15.9 Å². The Labute approximate surface area is 110 Å². The van der Waals surface area contributed by atoms with Crippen molar-refractivity contribution in [3.63, 3.8) is 0 Å². The van der Waals surface area contributed by atoms with E-state index in [0.29, 0.717) is 6.42 Å². The molecule has 18 heavy (non-hydrogen) atoms. The maximum Gasteiger partial charge on any atom is 0.251 e. The third-order valence-electron chi connectivity index (χ3n) is 2.63. The number of hydrogen-bond acceptors (Lipinski definition) is 3. The van der Waals surface area contributed by atoms with Crippen molar-refractivity contribution in [3.8, 4) is 11.1 Å². The highest BCUT2D eigenvalue weighted by molar-refractivity contribution is 6.32. The van der Waals surface area contributed by atoms with Crippen LogP contribution in [-0.2, 0) is 6.42 Å². The van der Waals surface area contributed by atoms with E-state index in [-0.39, 0.29) is 10.7 Å². The zero-order chi connectivity index (χ0) is 13.1. The first-order valence-electron chi connectivity index (χ1n) is 5.53. The van der Waals surface area contributed by atoms with Crippen LogP contribution in [0.25, 0.3) is 11.1 Å². The maximum atomic E-state index is 11.3. The molecule has 0 fully saturated rings. The van der Waals surface area contributed by atoms with Crippen LogP contribution in [0.1, 0.15) is 23.0 Å². The van der Waals surface area contributed by atoms with E-state index >= 15 is 0 Å². The average molecular weight is 262 g/mol. The van der Waals surface area contributed by atoms with E-state index in [2.05, 4.69) is 9.97 Å². The van der Waals surface area contributed by atoms with Gasteiger partial charge in [0.1, 0.15) is 5.15 Å². The largest absolute Gasteiger partial charge is 0.366 e. The highest BCUT2D eigenvalue weighted by atomic mass is 35.5. The highest BCUT2D eigenvalue weighted by Gasteiger charge is 2.14. The SMILES string of the molecule is CCc1nc(Cl)c(C(N)=O)cc1-c1cccnc1. The first kappa shape index (κ1) is 12.5. The van der Waals surface area contributed by atoms with Gasteiger partial charge in [0.15, 0.2) is 0 Å². The van der Waals surface area contributed by atoms with Crippen LogP contribution in [0.2, 0.25) is 5.15 Å². The van der Waals surface area contributed by atoms with Gasteiger partial charge in [-0.2, -0.15) is 0 Å². The second kappa shape index (κ2) is 5.14. The minimum Gasteiger partial charge on any atom is -0.366 e. The van der Waals surface area contributed by atoms with Gasteiger partial charge < -0.3 is 5.73 Å². The molecule has 0 atom stereocenters. The van der Waals surface area contributed by atoms with Crippen LogP contribution in [0, 0.1) is 0 Å². The quantitative estimate of drug-likeness (QED) is 0.863. The number of pyridine rings is 2. The normalized spacial score (nSPS) is 10.3. The summed E-state index contributed by atoms with van der Waals surface area (Å²) < 4.78 is 0. The van der Waals surface area contributed by atoms with Gasteiger partial charge in [-0.25, -0.2) is 4.98 Å². The molecule has 1 amide bonds. The number of nitrogens with zero attached hydrogens (tertiary/aromatic N) is 2. The van der Waals surface area contributed by atoms with Crippen LogP contribution in [0.4, 0.5) is 0 Å². The molecule has 0 saturated carbocycles. The third-order valence-corrected chi connectivity index (χ3v) is 2.92. The van der Waals surface area contributed by atoms with Crippen LogP contribution < -0.4 is 5.73 Å². The van der Waals surface area contributed by atoms with Gasteiger partial charge in [-0.1, -0.05) is 24.6 Å². The molecule has 2 rings (SSSR count). The van der Waals surface area contributed by atoms with E-state index in [1.54, 1.807) is 18.5 Å². The lowest BCUT2D eigenvalue weighted by Gasteiger charge is -2.10. The maximum absolute atomic E-state index is 11.3. The molecule has 0 unspecified atom stereocenters. The number of primary amides is 1. The van der Waals surface area contributed by atoms with Crippen LogP contribution in [0.5, 0.6) is 0 Å². The van der Waals surface area contributed by atoms with E-state index in [1.807, 2.05) is 19.1 Å². The molecule has 2 heterocycles. The Morgan fingerprint density at radius 3 is 2.83 bits per heavy atom. The van der Waals surface area contributed by atoms with Gasteiger partial charge in [-0.05, 0) is 18.6 Å². The number of rotatable bonds is 3. The molecule has 5 heteroatoms. The standard InChI is InChI=1S/C13H12ClN3O/c1-2-11-9(8-4-3-5-16-7-8)6-10(13(15)18)12(14)17-11/h3-7H,2H2,1H3,(H2,15,18). The molecule has 92 valence electrons. The van der Waals surface area contributed by atoms with Gasteiger partial charge >= 0.3 is 0 Å². The first-order valence-corrected chi connectivity index (χ1v) is 5.91. The number of hydrogen-bond donors (Lipinski definition) is 1. The molecular weight excluding hydrogens is 250 g/mol. The Balaban J connectivity index is 2.65. The number of aromatic nitrogens is 2. The van der Waals surface area contributed by atoms with Gasteiger partial charge in [0.25, 0.3) is 5.91 Å². The molecule has 0 saturated heterocycles. The van der Waals surface area contributed by atoms with Crippen molar-refractivity contribution in [2.75, 3.05) is 0 Å². The summed E-state index contributed by atoms with van der Waals surface area (Å²) in [6, 6.07) is 5.41. The minimum absolute atomic E-state index is 0.145. The minimum atomic E-state index is -0.583. The molecule has 0 aliphatic rings. The van der Waals surface area contributed by atoms with Crippen LogP contribution in [0.15, 0.2) is 30.6 Å². The van der Waals surface area contributed by atoms with Crippen molar-refractivity contribution >= 4 is 17.5 Å². The van der Waals surface area contributed by atoms with Crippen LogP contribution in [0.3, 0.4) is 0 Å². The number of carbonyl (C=O) groups excluding carboxylic acids is 1. The molecule has 2 aromatic rings. The molecule has 0 aromatic carbocycles. The summed E-state index contributed by atoms with van der Waals surface area (Å²) in [5.41, 5.74) is 8.05. The fourth-order valence-corrected chi connectivity index (χ4v) is 1.99. The molecule has 0 spiro atoms. The van der Waals surface area contributed by atoms with Crippen molar-refractivity contribution in [1.82, 2.24) is 9.97 Å². The van der Waals surface area contributed by atoms with Gasteiger partial charge in [-0.15, -0.1) is 0 Å². The lowest BCUT2D eigenvalue weighted by molar-refractivity contribution is 0.1000. The number of amides is 1. The van der Waals surface area contributed by atoms with Gasteiger partial charge in [-0.3, -0.25) is 9.78 Å². The van der Waals surface area contributed by atoms with Gasteiger partial charge in [0, 0.05) is 29.2 Å². The molecule has 0 aliphatic heterocycles. The molecule has 2 aromatic heterocycles. The number of aryl methyl sites for hydroxylation is 1. The fraction of sp³-hybridized carbons (Fsp3) is 0.154. The van der Waals surface area contributed by atoms with E-state index in [0.717, 1.165) is 16.8 Å². The average Bonchev–Trinajstić information content (AvgIpc) is 2.39. The molecule has 0 radical (unpaired) electrons. The van der Waals surface area contributed by atoms with E-state index in [4.69, 9.17) is 17.3 Å².